The standard InChI is InChI=1S/C19H21NO/c1-14-5-4-6-15(13-14)9-12-19(21)20-18-11-10-16-7-2-3-8-17(16)18/h2-8,13,18H,9-12H2,1H3,(H,20,21). The summed E-state index contributed by atoms with van der Waals surface area (Å²) in [6.45, 7) is 2.08. The molecule has 0 saturated heterocycles. The highest BCUT2D eigenvalue weighted by Crippen LogP contribution is 2.30. The van der Waals surface area contributed by atoms with Crippen LogP contribution in [0.1, 0.15) is 41.1 Å². The molecule has 0 radical (unpaired) electrons. The van der Waals surface area contributed by atoms with E-state index >= 15 is 0 Å². The van der Waals surface area contributed by atoms with Crippen molar-refractivity contribution in [3.05, 3.63) is 70.8 Å². The van der Waals surface area contributed by atoms with Crippen molar-refractivity contribution >= 4 is 5.91 Å². The van der Waals surface area contributed by atoms with Gasteiger partial charge >= 0.3 is 0 Å². The van der Waals surface area contributed by atoms with Gasteiger partial charge in [0.1, 0.15) is 0 Å². The Labute approximate surface area is 126 Å². The summed E-state index contributed by atoms with van der Waals surface area (Å²) >= 11 is 0. The minimum Gasteiger partial charge on any atom is -0.349 e. The van der Waals surface area contributed by atoms with E-state index < -0.39 is 0 Å². The molecule has 1 N–H and O–H groups in total. The smallest absolute Gasteiger partial charge is 0.220 e. The minimum atomic E-state index is 0.151. The topological polar surface area (TPSA) is 29.1 Å². The Balaban J connectivity index is 1.56. The molecule has 0 spiro atoms. The first-order valence-electron chi connectivity index (χ1n) is 7.65. The molecule has 0 bridgehead atoms. The number of aryl methyl sites for hydroxylation is 3. The van der Waals surface area contributed by atoms with Crippen molar-refractivity contribution in [3.63, 3.8) is 0 Å². The molecule has 2 heteroatoms. The van der Waals surface area contributed by atoms with Gasteiger partial charge in [-0.2, -0.15) is 0 Å². The van der Waals surface area contributed by atoms with E-state index in [0.717, 1.165) is 19.3 Å². The van der Waals surface area contributed by atoms with E-state index in [0.29, 0.717) is 6.42 Å². The molecule has 0 aromatic heterocycles. The second kappa shape index (κ2) is 6.13. The maximum absolute atomic E-state index is 12.2. The van der Waals surface area contributed by atoms with Crippen molar-refractivity contribution in [2.45, 2.75) is 38.6 Å². The fourth-order valence-corrected chi connectivity index (χ4v) is 3.10. The SMILES string of the molecule is Cc1cccc(CCC(=O)NC2CCc3ccccc32)c1. The van der Waals surface area contributed by atoms with Crippen molar-refractivity contribution in [2.24, 2.45) is 0 Å². The molecule has 1 amide bonds. The highest BCUT2D eigenvalue weighted by Gasteiger charge is 2.22. The zero-order chi connectivity index (χ0) is 14.7. The maximum Gasteiger partial charge on any atom is 0.220 e. The summed E-state index contributed by atoms with van der Waals surface area (Å²) in [6.07, 6.45) is 3.46. The molecule has 108 valence electrons. The van der Waals surface area contributed by atoms with Crippen LogP contribution < -0.4 is 5.32 Å². The van der Waals surface area contributed by atoms with E-state index in [1.165, 1.54) is 22.3 Å². The van der Waals surface area contributed by atoms with Gasteiger partial charge in [-0.15, -0.1) is 0 Å². The molecule has 1 aliphatic rings. The summed E-state index contributed by atoms with van der Waals surface area (Å²) in [5.74, 6) is 0.151. The maximum atomic E-state index is 12.2. The Hall–Kier alpha value is -2.09. The zero-order valence-corrected chi connectivity index (χ0v) is 12.4. The lowest BCUT2D eigenvalue weighted by Crippen LogP contribution is -2.27. The first kappa shape index (κ1) is 13.9. The van der Waals surface area contributed by atoms with Crippen molar-refractivity contribution in [3.8, 4) is 0 Å². The van der Waals surface area contributed by atoms with Crippen LogP contribution in [0.25, 0.3) is 0 Å². The van der Waals surface area contributed by atoms with Gasteiger partial charge in [-0.3, -0.25) is 4.79 Å². The number of carbonyl (C=O) groups is 1. The molecule has 0 fully saturated rings. The van der Waals surface area contributed by atoms with Gasteiger partial charge in [-0.25, -0.2) is 0 Å². The fourth-order valence-electron chi connectivity index (χ4n) is 3.10. The molecule has 0 saturated carbocycles. The van der Waals surface area contributed by atoms with Crippen LogP contribution in [0.2, 0.25) is 0 Å². The lowest BCUT2D eigenvalue weighted by molar-refractivity contribution is -0.121. The Morgan fingerprint density at radius 1 is 1.19 bits per heavy atom. The van der Waals surface area contributed by atoms with Crippen LogP contribution in [-0.2, 0) is 17.6 Å². The van der Waals surface area contributed by atoms with Gasteiger partial charge < -0.3 is 5.32 Å². The van der Waals surface area contributed by atoms with Gasteiger partial charge in [0.15, 0.2) is 0 Å². The lowest BCUT2D eigenvalue weighted by atomic mass is 10.1. The van der Waals surface area contributed by atoms with E-state index in [2.05, 4.69) is 60.8 Å². The highest BCUT2D eigenvalue weighted by atomic mass is 16.1. The van der Waals surface area contributed by atoms with E-state index in [1.807, 2.05) is 0 Å². The Morgan fingerprint density at radius 2 is 2.05 bits per heavy atom. The van der Waals surface area contributed by atoms with E-state index in [4.69, 9.17) is 0 Å². The van der Waals surface area contributed by atoms with E-state index in [1.54, 1.807) is 0 Å². The molecular weight excluding hydrogens is 258 g/mol. The molecule has 1 unspecified atom stereocenters. The third-order valence-corrected chi connectivity index (χ3v) is 4.19. The molecule has 2 nitrogen and oxygen atoms in total. The normalized spacial score (nSPS) is 16.5. The average Bonchev–Trinajstić information content (AvgIpc) is 2.89. The van der Waals surface area contributed by atoms with Gasteiger partial charge in [0.2, 0.25) is 5.91 Å². The Morgan fingerprint density at radius 3 is 2.90 bits per heavy atom. The van der Waals surface area contributed by atoms with Crippen LogP contribution in [0, 0.1) is 6.92 Å². The number of carbonyl (C=O) groups excluding carboxylic acids is 1. The van der Waals surface area contributed by atoms with Crippen LogP contribution in [-0.4, -0.2) is 5.91 Å². The quantitative estimate of drug-likeness (QED) is 0.907. The summed E-state index contributed by atoms with van der Waals surface area (Å²) in [5, 5.41) is 3.18. The average molecular weight is 279 g/mol. The summed E-state index contributed by atoms with van der Waals surface area (Å²) < 4.78 is 0. The number of benzene rings is 2. The number of amides is 1. The predicted molar refractivity (Wildman–Crippen MR) is 85.1 cm³/mol. The first-order valence-corrected chi connectivity index (χ1v) is 7.65. The van der Waals surface area contributed by atoms with Crippen LogP contribution in [0.5, 0.6) is 0 Å². The first-order chi connectivity index (χ1) is 10.2. The van der Waals surface area contributed by atoms with Crippen LogP contribution in [0.4, 0.5) is 0 Å². The molecular formula is C19H21NO. The Bertz CT molecular complexity index is 648. The van der Waals surface area contributed by atoms with Crippen LogP contribution >= 0.6 is 0 Å². The molecule has 1 aliphatic carbocycles. The third-order valence-electron chi connectivity index (χ3n) is 4.19. The number of hydrogen-bond acceptors (Lipinski definition) is 1. The molecule has 1 atom stereocenters. The second-order valence-corrected chi connectivity index (χ2v) is 5.85. The second-order valence-electron chi connectivity index (χ2n) is 5.85. The largest absolute Gasteiger partial charge is 0.349 e. The zero-order valence-electron chi connectivity index (χ0n) is 12.4. The monoisotopic (exact) mass is 279 g/mol. The fraction of sp³-hybridized carbons (Fsp3) is 0.316. The molecule has 2 aromatic carbocycles. The summed E-state index contributed by atoms with van der Waals surface area (Å²) in [4.78, 5) is 12.2. The van der Waals surface area contributed by atoms with Crippen molar-refractivity contribution in [2.75, 3.05) is 0 Å². The van der Waals surface area contributed by atoms with Crippen molar-refractivity contribution in [1.29, 1.82) is 0 Å². The third kappa shape index (κ3) is 3.33. The number of nitrogens with one attached hydrogen (secondary N) is 1. The summed E-state index contributed by atoms with van der Waals surface area (Å²) in [7, 11) is 0. The molecule has 0 aliphatic heterocycles. The molecule has 0 heterocycles. The van der Waals surface area contributed by atoms with E-state index in [-0.39, 0.29) is 11.9 Å². The van der Waals surface area contributed by atoms with Gasteiger partial charge in [0.05, 0.1) is 6.04 Å². The van der Waals surface area contributed by atoms with Crippen LogP contribution in [0.3, 0.4) is 0 Å². The Kier molecular flexibility index (Phi) is 4.05. The van der Waals surface area contributed by atoms with Crippen LogP contribution in [0.15, 0.2) is 48.5 Å². The molecule has 21 heavy (non-hydrogen) atoms. The van der Waals surface area contributed by atoms with E-state index in [9.17, 15) is 4.79 Å². The highest BCUT2D eigenvalue weighted by molar-refractivity contribution is 5.77. The summed E-state index contributed by atoms with van der Waals surface area (Å²) in [5.41, 5.74) is 5.15. The minimum absolute atomic E-state index is 0.151. The molecule has 2 aromatic rings. The van der Waals surface area contributed by atoms with Gasteiger partial charge in [-0.05, 0) is 42.9 Å². The number of fused-ring (bicyclic) bond motifs is 1. The van der Waals surface area contributed by atoms with Gasteiger partial charge in [0.25, 0.3) is 0 Å². The van der Waals surface area contributed by atoms with Gasteiger partial charge in [-0.1, -0.05) is 54.1 Å². The van der Waals surface area contributed by atoms with Crippen molar-refractivity contribution in [1.82, 2.24) is 5.32 Å². The number of hydrogen-bond donors (Lipinski definition) is 1. The molecule has 3 rings (SSSR count). The predicted octanol–water partition coefficient (Wildman–Crippen LogP) is 3.73. The van der Waals surface area contributed by atoms with Crippen molar-refractivity contribution < 1.29 is 4.79 Å². The number of rotatable bonds is 4. The lowest BCUT2D eigenvalue weighted by Gasteiger charge is -2.14. The summed E-state index contributed by atoms with van der Waals surface area (Å²) in [6, 6.07) is 17.0. The van der Waals surface area contributed by atoms with Gasteiger partial charge in [0, 0.05) is 6.42 Å².